The summed E-state index contributed by atoms with van der Waals surface area (Å²) in [6, 6.07) is 9.70. The Bertz CT molecular complexity index is 187. The second-order valence-corrected chi connectivity index (χ2v) is 2.33. The van der Waals surface area contributed by atoms with Crippen LogP contribution in [-0.4, -0.2) is 5.11 Å². The third kappa shape index (κ3) is 5.95. The molecule has 0 aromatic heterocycles. The molecule has 0 fully saturated rings. The van der Waals surface area contributed by atoms with E-state index < -0.39 is 0 Å². The average molecular weight is 231 g/mol. The Kier molecular flexibility index (Phi) is 11.6. The van der Waals surface area contributed by atoms with Gasteiger partial charge in [0.2, 0.25) is 0 Å². The third-order valence-corrected chi connectivity index (χ3v) is 1.57. The zero-order valence-corrected chi connectivity index (χ0v) is 11.5. The van der Waals surface area contributed by atoms with E-state index in [9.17, 15) is 5.11 Å². The Morgan fingerprint density at radius 3 is 2.08 bits per heavy atom. The minimum atomic E-state index is -0.291. The number of hydrogen-bond donors (Lipinski definition) is 1. The molecule has 0 aliphatic carbocycles. The van der Waals surface area contributed by atoms with Crippen molar-refractivity contribution in [1.82, 2.24) is 0 Å². The second kappa shape index (κ2) is 9.89. The van der Waals surface area contributed by atoms with Crippen molar-refractivity contribution < 1.29 is 24.6 Å². The maximum absolute atomic E-state index is 9.33. The van der Waals surface area contributed by atoms with Crippen LogP contribution in [0.25, 0.3) is 0 Å². The van der Waals surface area contributed by atoms with Crippen molar-refractivity contribution >= 4 is 0 Å². The van der Waals surface area contributed by atoms with E-state index in [0.717, 1.165) is 12.0 Å². The molecule has 2 heteroatoms. The molecule has 0 unspecified atom stereocenters. The first-order chi connectivity index (χ1) is 5.84. The van der Waals surface area contributed by atoms with Crippen LogP contribution in [0.5, 0.6) is 0 Å². The third-order valence-electron chi connectivity index (χ3n) is 1.57. The van der Waals surface area contributed by atoms with Gasteiger partial charge in [-0.2, -0.15) is 6.92 Å². The Morgan fingerprint density at radius 1 is 1.23 bits per heavy atom. The van der Waals surface area contributed by atoms with Crippen LogP contribution in [0, 0.1) is 6.92 Å². The summed E-state index contributed by atoms with van der Waals surface area (Å²) >= 11 is 0. The van der Waals surface area contributed by atoms with Gasteiger partial charge in [-0.1, -0.05) is 37.3 Å². The number of benzene rings is 1. The number of aliphatic hydroxyl groups excluding tert-OH is 1. The Morgan fingerprint density at radius 2 is 1.69 bits per heavy atom. The largest absolute Gasteiger partial charge is 0.388 e. The fourth-order valence-electron chi connectivity index (χ4n) is 0.911. The monoisotopic (exact) mass is 229 g/mol. The first-order valence-corrected chi connectivity index (χ1v) is 4.28. The van der Waals surface area contributed by atoms with Crippen LogP contribution in [-0.2, 0) is 19.5 Å². The fraction of sp³-hybridized carbons (Fsp3) is 0.364. The van der Waals surface area contributed by atoms with Crippen molar-refractivity contribution in [1.29, 1.82) is 0 Å². The van der Waals surface area contributed by atoms with Crippen LogP contribution in [0.15, 0.2) is 30.3 Å². The zero-order chi connectivity index (χ0) is 9.40. The van der Waals surface area contributed by atoms with Crippen LogP contribution in [0.2, 0.25) is 0 Å². The average Bonchev–Trinajstić information content (AvgIpc) is 2.21. The molecule has 13 heavy (non-hydrogen) atoms. The molecule has 1 aromatic carbocycles. The van der Waals surface area contributed by atoms with E-state index in [2.05, 4.69) is 6.92 Å². The van der Waals surface area contributed by atoms with E-state index in [-0.39, 0.29) is 25.6 Å². The molecule has 1 atom stereocenters. The fourth-order valence-corrected chi connectivity index (χ4v) is 0.911. The first kappa shape index (κ1) is 15.3. The van der Waals surface area contributed by atoms with Crippen LogP contribution in [0.1, 0.15) is 31.9 Å². The van der Waals surface area contributed by atoms with Crippen molar-refractivity contribution in [3.63, 3.8) is 0 Å². The summed E-state index contributed by atoms with van der Waals surface area (Å²) in [7, 11) is 0. The summed E-state index contributed by atoms with van der Waals surface area (Å²) in [5.41, 5.74) is 1.00. The molecule has 0 saturated carbocycles. The van der Waals surface area contributed by atoms with Gasteiger partial charge in [0.1, 0.15) is 0 Å². The van der Waals surface area contributed by atoms with Gasteiger partial charge in [-0.15, -0.1) is 0 Å². The van der Waals surface area contributed by atoms with Gasteiger partial charge in [0.15, 0.2) is 0 Å². The molecule has 1 rings (SSSR count). The van der Waals surface area contributed by atoms with E-state index in [0.29, 0.717) is 0 Å². The molecule has 1 N–H and O–H groups in total. The van der Waals surface area contributed by atoms with Gasteiger partial charge in [0.25, 0.3) is 0 Å². The second-order valence-electron chi connectivity index (χ2n) is 2.33. The van der Waals surface area contributed by atoms with Gasteiger partial charge in [-0.25, -0.2) is 0 Å². The molecule has 0 bridgehead atoms. The minimum Gasteiger partial charge on any atom is -0.388 e. The summed E-state index contributed by atoms with van der Waals surface area (Å²) < 4.78 is 0. The molecule has 0 heterocycles. The minimum absolute atomic E-state index is 0. The molecule has 0 aliphatic heterocycles. The molecule has 0 radical (unpaired) electrons. The van der Waals surface area contributed by atoms with Crippen molar-refractivity contribution in [3.05, 3.63) is 42.8 Å². The molecule has 1 aromatic rings. The smallest absolute Gasteiger partial charge is 0.0787 e. The van der Waals surface area contributed by atoms with Crippen molar-refractivity contribution in [2.45, 2.75) is 26.4 Å². The normalized spacial score (nSPS) is 10.5. The number of rotatable bonds is 2. The summed E-state index contributed by atoms with van der Waals surface area (Å²) in [6.07, 6.45) is 0.491. The SMILES string of the molecule is CC[C@H](O)c1ccccc1.[CH2-]C.[Zn]. The van der Waals surface area contributed by atoms with Gasteiger partial charge >= 0.3 is 0 Å². The predicted molar refractivity (Wildman–Crippen MR) is 52.7 cm³/mol. The molecule has 0 amide bonds. The summed E-state index contributed by atoms with van der Waals surface area (Å²) in [5.74, 6) is 0. The Labute approximate surface area is 93.9 Å². The maximum atomic E-state index is 9.33. The molecule has 0 spiro atoms. The van der Waals surface area contributed by atoms with E-state index in [1.165, 1.54) is 0 Å². The molecular weight excluding hydrogens is 214 g/mol. The van der Waals surface area contributed by atoms with Crippen molar-refractivity contribution in [2.24, 2.45) is 0 Å². The van der Waals surface area contributed by atoms with E-state index in [1.54, 1.807) is 6.92 Å². The van der Waals surface area contributed by atoms with E-state index in [1.807, 2.05) is 37.3 Å². The van der Waals surface area contributed by atoms with Crippen LogP contribution in [0.4, 0.5) is 0 Å². The predicted octanol–water partition coefficient (Wildman–Crippen LogP) is 2.97. The Hall–Kier alpha value is -0.197. The van der Waals surface area contributed by atoms with Crippen molar-refractivity contribution in [3.8, 4) is 0 Å². The topological polar surface area (TPSA) is 20.2 Å². The number of aliphatic hydroxyl groups is 1. The van der Waals surface area contributed by atoms with Crippen LogP contribution >= 0.6 is 0 Å². The van der Waals surface area contributed by atoms with Gasteiger partial charge < -0.3 is 12.0 Å². The number of hydrogen-bond acceptors (Lipinski definition) is 1. The standard InChI is InChI=1S/C9H12O.C2H5.Zn/c1-2-9(10)8-6-4-3-5-7-8;1-2;/h3-7,9-10H,2H2,1H3;1H2,2H3;/q;-1;/t9-;;/m0../s1. The molecule has 0 aliphatic rings. The van der Waals surface area contributed by atoms with Gasteiger partial charge in [0, 0.05) is 19.5 Å². The van der Waals surface area contributed by atoms with Gasteiger partial charge in [0.05, 0.1) is 6.10 Å². The molecule has 1 nitrogen and oxygen atoms in total. The zero-order valence-electron chi connectivity index (χ0n) is 8.53. The van der Waals surface area contributed by atoms with E-state index in [4.69, 9.17) is 0 Å². The molecular formula is C11H17OZn-. The summed E-state index contributed by atoms with van der Waals surface area (Å²) in [5, 5.41) is 9.33. The molecule has 0 saturated heterocycles. The van der Waals surface area contributed by atoms with Crippen LogP contribution < -0.4 is 0 Å². The van der Waals surface area contributed by atoms with Gasteiger partial charge in [-0.3, -0.25) is 0 Å². The maximum Gasteiger partial charge on any atom is 0.0787 e. The van der Waals surface area contributed by atoms with Gasteiger partial charge in [-0.05, 0) is 12.0 Å². The molecule has 70 valence electrons. The quantitative estimate of drug-likeness (QED) is 0.612. The van der Waals surface area contributed by atoms with E-state index >= 15 is 0 Å². The summed E-state index contributed by atoms with van der Waals surface area (Å²) in [4.78, 5) is 0. The van der Waals surface area contributed by atoms with Crippen LogP contribution in [0.3, 0.4) is 0 Å². The van der Waals surface area contributed by atoms with Crippen molar-refractivity contribution in [2.75, 3.05) is 0 Å². The summed E-state index contributed by atoms with van der Waals surface area (Å²) in [6.45, 7) is 6.97. The Balaban J connectivity index is 0. The first-order valence-electron chi connectivity index (χ1n) is 4.28.